The van der Waals surface area contributed by atoms with Gasteiger partial charge in [-0.1, -0.05) is 25.4 Å². The molecule has 3 heteroatoms. The summed E-state index contributed by atoms with van der Waals surface area (Å²) in [5, 5.41) is 6.86. The summed E-state index contributed by atoms with van der Waals surface area (Å²) in [6.45, 7) is 4.44. The lowest BCUT2D eigenvalue weighted by molar-refractivity contribution is 0.249. The van der Waals surface area contributed by atoms with Crippen molar-refractivity contribution < 1.29 is 0 Å². The van der Waals surface area contributed by atoms with Crippen LogP contribution in [0.15, 0.2) is 5.10 Å². The van der Waals surface area contributed by atoms with Gasteiger partial charge in [-0.05, 0) is 12.3 Å². The number of nitrogens with zero attached hydrogens (tertiary/aromatic N) is 2. The van der Waals surface area contributed by atoms with E-state index in [0.717, 1.165) is 17.5 Å². The lowest BCUT2D eigenvalue weighted by Gasteiger charge is -2.19. The van der Waals surface area contributed by atoms with E-state index in [1.807, 2.05) is 12.1 Å². The first kappa shape index (κ1) is 8.85. The minimum atomic E-state index is 0.530. The lowest BCUT2D eigenvalue weighted by atomic mass is 10.0. The van der Waals surface area contributed by atoms with Gasteiger partial charge in [0.2, 0.25) is 0 Å². The Morgan fingerprint density at radius 2 is 2.36 bits per heavy atom. The van der Waals surface area contributed by atoms with Gasteiger partial charge in [0.25, 0.3) is 0 Å². The molecule has 1 unspecified atom stereocenters. The number of hydrazone groups is 1. The highest BCUT2D eigenvalue weighted by Crippen LogP contribution is 2.21. The molecular formula is C8H15ClN2. The molecule has 0 spiro atoms. The van der Waals surface area contributed by atoms with E-state index >= 15 is 0 Å². The van der Waals surface area contributed by atoms with Crippen LogP contribution in [0.2, 0.25) is 0 Å². The van der Waals surface area contributed by atoms with Crippen LogP contribution in [0.25, 0.3) is 0 Å². The molecule has 64 valence electrons. The first-order chi connectivity index (χ1) is 5.09. The molecule has 0 fully saturated rings. The summed E-state index contributed by atoms with van der Waals surface area (Å²) in [6, 6.07) is 0.530. The second kappa shape index (κ2) is 3.44. The molecule has 1 aliphatic heterocycles. The Hall–Kier alpha value is -0.240. The fourth-order valence-corrected chi connectivity index (χ4v) is 1.70. The van der Waals surface area contributed by atoms with Crippen molar-refractivity contribution in [3.05, 3.63) is 0 Å². The third-order valence-electron chi connectivity index (χ3n) is 1.94. The van der Waals surface area contributed by atoms with Gasteiger partial charge >= 0.3 is 0 Å². The van der Waals surface area contributed by atoms with Gasteiger partial charge in [-0.2, -0.15) is 5.10 Å². The minimum absolute atomic E-state index is 0.530. The smallest absolute Gasteiger partial charge is 0.128 e. The van der Waals surface area contributed by atoms with Crippen LogP contribution in [0, 0.1) is 5.92 Å². The molecule has 1 rings (SSSR count). The largest absolute Gasteiger partial charge is 0.296 e. The van der Waals surface area contributed by atoms with Crippen LogP contribution < -0.4 is 0 Å². The third kappa shape index (κ3) is 2.37. The van der Waals surface area contributed by atoms with Crippen LogP contribution in [0.4, 0.5) is 0 Å². The highest BCUT2D eigenvalue weighted by molar-refractivity contribution is 6.65. The predicted octanol–water partition coefficient (Wildman–Crippen LogP) is 2.29. The maximum absolute atomic E-state index is 5.79. The van der Waals surface area contributed by atoms with Gasteiger partial charge < -0.3 is 0 Å². The van der Waals surface area contributed by atoms with Crippen molar-refractivity contribution in [1.82, 2.24) is 5.01 Å². The monoisotopic (exact) mass is 174 g/mol. The van der Waals surface area contributed by atoms with Gasteiger partial charge in [-0.25, -0.2) is 0 Å². The lowest BCUT2D eigenvalue weighted by Crippen LogP contribution is -2.23. The number of rotatable bonds is 2. The number of hydrogen-bond acceptors (Lipinski definition) is 2. The van der Waals surface area contributed by atoms with Gasteiger partial charge in [-0.15, -0.1) is 0 Å². The van der Waals surface area contributed by atoms with E-state index in [9.17, 15) is 0 Å². The van der Waals surface area contributed by atoms with Gasteiger partial charge in [-0.3, -0.25) is 5.01 Å². The van der Waals surface area contributed by atoms with E-state index in [1.54, 1.807) is 0 Å². The second-order valence-corrected chi connectivity index (χ2v) is 3.97. The number of hydrogen-bond donors (Lipinski definition) is 0. The fourth-order valence-electron chi connectivity index (χ4n) is 1.40. The Labute approximate surface area is 73.2 Å². The summed E-state index contributed by atoms with van der Waals surface area (Å²) in [5.74, 6) is 0.722. The van der Waals surface area contributed by atoms with Crippen LogP contribution in [0.5, 0.6) is 0 Å². The van der Waals surface area contributed by atoms with Crippen molar-refractivity contribution in [3.8, 4) is 0 Å². The van der Waals surface area contributed by atoms with Crippen LogP contribution >= 0.6 is 11.6 Å². The molecule has 0 saturated carbocycles. The Bertz CT molecular complexity index is 165. The normalized spacial score (nSPS) is 24.6. The minimum Gasteiger partial charge on any atom is -0.296 e. The van der Waals surface area contributed by atoms with Gasteiger partial charge in [0.15, 0.2) is 0 Å². The van der Waals surface area contributed by atoms with E-state index < -0.39 is 0 Å². The third-order valence-corrected chi connectivity index (χ3v) is 2.17. The summed E-state index contributed by atoms with van der Waals surface area (Å²) >= 11 is 5.79. The van der Waals surface area contributed by atoms with Gasteiger partial charge in [0.05, 0.1) is 6.04 Å². The predicted molar refractivity (Wildman–Crippen MR) is 48.9 cm³/mol. The molecule has 2 nitrogen and oxygen atoms in total. The van der Waals surface area contributed by atoms with E-state index in [1.165, 1.54) is 6.42 Å². The fraction of sp³-hybridized carbons (Fsp3) is 0.875. The Morgan fingerprint density at radius 1 is 1.73 bits per heavy atom. The molecule has 0 amide bonds. The molecule has 0 saturated heterocycles. The highest BCUT2D eigenvalue weighted by Gasteiger charge is 2.22. The summed E-state index contributed by atoms with van der Waals surface area (Å²) < 4.78 is 0. The van der Waals surface area contributed by atoms with Crippen molar-refractivity contribution >= 4 is 16.8 Å². The van der Waals surface area contributed by atoms with Crippen LogP contribution in [-0.2, 0) is 0 Å². The van der Waals surface area contributed by atoms with Gasteiger partial charge in [0.1, 0.15) is 5.17 Å². The van der Waals surface area contributed by atoms with Crippen molar-refractivity contribution in [2.75, 3.05) is 7.05 Å². The van der Waals surface area contributed by atoms with Crippen molar-refractivity contribution in [3.63, 3.8) is 0 Å². The molecule has 0 aliphatic carbocycles. The van der Waals surface area contributed by atoms with E-state index in [-0.39, 0.29) is 0 Å². The van der Waals surface area contributed by atoms with Crippen LogP contribution in [0.3, 0.4) is 0 Å². The molecule has 0 N–H and O–H groups in total. The summed E-state index contributed by atoms with van der Waals surface area (Å²) in [6.07, 6.45) is 2.10. The molecule has 0 radical (unpaired) electrons. The Balaban J connectivity index is 2.40. The highest BCUT2D eigenvalue weighted by atomic mass is 35.5. The first-order valence-corrected chi connectivity index (χ1v) is 4.43. The zero-order valence-electron chi connectivity index (χ0n) is 7.34. The first-order valence-electron chi connectivity index (χ1n) is 4.05. The second-order valence-electron chi connectivity index (χ2n) is 3.54. The Morgan fingerprint density at radius 3 is 2.73 bits per heavy atom. The van der Waals surface area contributed by atoms with Crippen LogP contribution in [-0.4, -0.2) is 23.3 Å². The van der Waals surface area contributed by atoms with E-state index in [0.29, 0.717) is 6.04 Å². The maximum atomic E-state index is 5.79. The summed E-state index contributed by atoms with van der Waals surface area (Å²) in [5.41, 5.74) is 0. The molecule has 0 bridgehead atoms. The standard InChI is InChI=1S/C8H15ClN2/c1-6(2)4-7-5-8(9)10-11(7)3/h6-7H,4-5H2,1-3H3. The molecule has 0 aromatic rings. The van der Waals surface area contributed by atoms with Crippen molar-refractivity contribution in [2.24, 2.45) is 11.0 Å². The molecule has 11 heavy (non-hydrogen) atoms. The maximum Gasteiger partial charge on any atom is 0.128 e. The van der Waals surface area contributed by atoms with E-state index in [4.69, 9.17) is 11.6 Å². The Kier molecular flexibility index (Phi) is 2.77. The van der Waals surface area contributed by atoms with E-state index in [2.05, 4.69) is 18.9 Å². The summed E-state index contributed by atoms with van der Waals surface area (Å²) in [7, 11) is 1.99. The molecule has 0 aromatic heterocycles. The molecule has 1 atom stereocenters. The van der Waals surface area contributed by atoms with Gasteiger partial charge in [0, 0.05) is 13.5 Å². The SMILES string of the molecule is CC(C)CC1CC(Cl)=NN1C. The number of halogens is 1. The van der Waals surface area contributed by atoms with Crippen LogP contribution in [0.1, 0.15) is 26.7 Å². The zero-order valence-corrected chi connectivity index (χ0v) is 8.10. The molecule has 1 heterocycles. The van der Waals surface area contributed by atoms with Crippen molar-refractivity contribution in [2.45, 2.75) is 32.7 Å². The molecule has 0 aromatic carbocycles. The quantitative estimate of drug-likeness (QED) is 0.627. The van der Waals surface area contributed by atoms with Crippen molar-refractivity contribution in [1.29, 1.82) is 0 Å². The summed E-state index contributed by atoms with van der Waals surface area (Å²) in [4.78, 5) is 0. The average molecular weight is 175 g/mol. The topological polar surface area (TPSA) is 15.6 Å². The zero-order chi connectivity index (χ0) is 8.43. The molecular weight excluding hydrogens is 160 g/mol. The molecule has 1 aliphatic rings. The average Bonchev–Trinajstić information content (AvgIpc) is 2.09.